The molecule has 0 aliphatic rings. The first kappa shape index (κ1) is 16.8. The SMILES string of the molecule is COc1cc(C)c(S(=O)(=O)Nc2ccc(C)cc2Br)cc1C. The molecule has 0 saturated carbocycles. The lowest BCUT2D eigenvalue weighted by atomic mass is 10.1. The summed E-state index contributed by atoms with van der Waals surface area (Å²) in [6.07, 6.45) is 0. The van der Waals surface area contributed by atoms with Crippen molar-refractivity contribution in [2.75, 3.05) is 11.8 Å². The largest absolute Gasteiger partial charge is 0.496 e. The second kappa shape index (κ2) is 6.30. The van der Waals surface area contributed by atoms with Crippen molar-refractivity contribution in [3.63, 3.8) is 0 Å². The minimum atomic E-state index is -3.66. The third kappa shape index (κ3) is 3.44. The summed E-state index contributed by atoms with van der Waals surface area (Å²) in [7, 11) is -2.10. The molecule has 0 unspecified atom stereocenters. The number of hydrogen-bond donors (Lipinski definition) is 1. The van der Waals surface area contributed by atoms with Crippen molar-refractivity contribution in [2.24, 2.45) is 0 Å². The molecule has 6 heteroatoms. The molecular formula is C16H18BrNO3S. The van der Waals surface area contributed by atoms with Crippen LogP contribution in [0.4, 0.5) is 5.69 Å². The molecule has 0 bridgehead atoms. The Morgan fingerprint density at radius 1 is 1.05 bits per heavy atom. The van der Waals surface area contributed by atoms with Gasteiger partial charge in [-0.25, -0.2) is 8.42 Å². The number of benzene rings is 2. The first-order valence-corrected chi connectivity index (χ1v) is 8.96. The van der Waals surface area contributed by atoms with Crippen molar-refractivity contribution >= 4 is 31.6 Å². The Labute approximate surface area is 139 Å². The van der Waals surface area contributed by atoms with Gasteiger partial charge >= 0.3 is 0 Å². The molecule has 22 heavy (non-hydrogen) atoms. The summed E-state index contributed by atoms with van der Waals surface area (Å²) >= 11 is 3.38. The molecule has 0 fully saturated rings. The Hall–Kier alpha value is -1.53. The summed E-state index contributed by atoms with van der Waals surface area (Å²) in [6.45, 7) is 5.51. The van der Waals surface area contributed by atoms with Gasteiger partial charge in [-0.1, -0.05) is 6.07 Å². The predicted molar refractivity (Wildman–Crippen MR) is 92.2 cm³/mol. The van der Waals surface area contributed by atoms with Crippen molar-refractivity contribution in [3.05, 3.63) is 51.5 Å². The lowest BCUT2D eigenvalue weighted by Gasteiger charge is -2.14. The highest BCUT2D eigenvalue weighted by Gasteiger charge is 2.19. The van der Waals surface area contributed by atoms with Gasteiger partial charge in [-0.3, -0.25) is 4.72 Å². The van der Waals surface area contributed by atoms with Crippen LogP contribution in [0.2, 0.25) is 0 Å². The van der Waals surface area contributed by atoms with Gasteiger partial charge in [0.05, 0.1) is 17.7 Å². The Morgan fingerprint density at radius 2 is 1.73 bits per heavy atom. The topological polar surface area (TPSA) is 55.4 Å². The number of nitrogens with one attached hydrogen (secondary N) is 1. The first-order chi connectivity index (χ1) is 10.2. The molecule has 1 N–H and O–H groups in total. The zero-order chi connectivity index (χ0) is 16.5. The number of hydrogen-bond acceptors (Lipinski definition) is 3. The fourth-order valence-electron chi connectivity index (χ4n) is 2.18. The maximum Gasteiger partial charge on any atom is 0.262 e. The van der Waals surface area contributed by atoms with Crippen LogP contribution in [0.15, 0.2) is 39.7 Å². The fourth-order valence-corrected chi connectivity index (χ4v) is 4.29. The maximum atomic E-state index is 12.6. The molecule has 0 spiro atoms. The molecule has 0 heterocycles. The molecule has 2 rings (SSSR count). The van der Waals surface area contributed by atoms with Crippen molar-refractivity contribution in [3.8, 4) is 5.75 Å². The van der Waals surface area contributed by atoms with Gasteiger partial charge in [-0.05, 0) is 77.7 Å². The third-order valence-corrected chi connectivity index (χ3v) is 5.51. The number of aryl methyl sites for hydroxylation is 3. The minimum absolute atomic E-state index is 0.248. The summed E-state index contributed by atoms with van der Waals surface area (Å²) < 4.78 is 33.8. The highest BCUT2D eigenvalue weighted by atomic mass is 79.9. The minimum Gasteiger partial charge on any atom is -0.496 e. The molecular weight excluding hydrogens is 366 g/mol. The maximum absolute atomic E-state index is 12.6. The van der Waals surface area contributed by atoms with E-state index in [-0.39, 0.29) is 4.90 Å². The van der Waals surface area contributed by atoms with Crippen molar-refractivity contribution in [1.29, 1.82) is 0 Å². The van der Waals surface area contributed by atoms with Crippen LogP contribution in [-0.4, -0.2) is 15.5 Å². The molecule has 0 aliphatic carbocycles. The number of rotatable bonds is 4. The quantitative estimate of drug-likeness (QED) is 0.860. The van der Waals surface area contributed by atoms with Gasteiger partial charge < -0.3 is 4.74 Å². The first-order valence-electron chi connectivity index (χ1n) is 6.69. The molecule has 0 aromatic heterocycles. The molecule has 0 radical (unpaired) electrons. The zero-order valence-corrected chi connectivity index (χ0v) is 15.3. The van der Waals surface area contributed by atoms with E-state index in [9.17, 15) is 8.42 Å². The van der Waals surface area contributed by atoms with E-state index in [2.05, 4.69) is 20.7 Å². The second-order valence-electron chi connectivity index (χ2n) is 5.18. The number of ether oxygens (including phenoxy) is 1. The third-order valence-electron chi connectivity index (χ3n) is 3.35. The highest BCUT2D eigenvalue weighted by molar-refractivity contribution is 9.10. The van der Waals surface area contributed by atoms with Crippen LogP contribution in [-0.2, 0) is 10.0 Å². The van der Waals surface area contributed by atoms with Gasteiger partial charge in [0, 0.05) is 4.47 Å². The molecule has 4 nitrogen and oxygen atoms in total. The normalized spacial score (nSPS) is 11.3. The summed E-state index contributed by atoms with van der Waals surface area (Å²) in [5.41, 5.74) is 2.97. The molecule has 0 amide bonds. The standard InChI is InChI=1S/C16H18BrNO3S/c1-10-5-6-14(13(17)7-10)18-22(19,20)16-9-11(2)15(21-4)8-12(16)3/h5-9,18H,1-4H3. The monoisotopic (exact) mass is 383 g/mol. The van der Waals surface area contributed by atoms with E-state index in [4.69, 9.17) is 4.74 Å². The lowest BCUT2D eigenvalue weighted by Crippen LogP contribution is -2.15. The van der Waals surface area contributed by atoms with Gasteiger partial charge in [-0.15, -0.1) is 0 Å². The fraction of sp³-hybridized carbons (Fsp3) is 0.250. The highest BCUT2D eigenvalue weighted by Crippen LogP contribution is 2.29. The Bertz CT molecular complexity index is 816. The molecule has 0 atom stereocenters. The van der Waals surface area contributed by atoms with Crippen LogP contribution in [0.5, 0.6) is 5.75 Å². The summed E-state index contributed by atoms with van der Waals surface area (Å²) in [4.78, 5) is 0.248. The molecule has 2 aromatic carbocycles. The van der Waals surface area contributed by atoms with E-state index in [0.717, 1.165) is 11.1 Å². The second-order valence-corrected chi connectivity index (χ2v) is 7.68. The van der Waals surface area contributed by atoms with Crippen LogP contribution in [0.3, 0.4) is 0 Å². The summed E-state index contributed by atoms with van der Waals surface area (Å²) in [5.74, 6) is 0.674. The van der Waals surface area contributed by atoms with E-state index in [1.54, 1.807) is 32.2 Å². The molecule has 0 aliphatic heterocycles. The van der Waals surface area contributed by atoms with Crippen molar-refractivity contribution < 1.29 is 13.2 Å². The number of anilines is 1. The molecule has 2 aromatic rings. The van der Waals surface area contributed by atoms with E-state index in [1.165, 1.54) is 0 Å². The number of halogens is 1. The van der Waals surface area contributed by atoms with Gasteiger partial charge in [0.15, 0.2) is 0 Å². The summed E-state index contributed by atoms with van der Waals surface area (Å²) in [6, 6.07) is 8.81. The Balaban J connectivity index is 2.45. The van der Waals surface area contributed by atoms with Gasteiger partial charge in [0.2, 0.25) is 0 Å². The Morgan fingerprint density at radius 3 is 2.32 bits per heavy atom. The smallest absolute Gasteiger partial charge is 0.262 e. The van der Waals surface area contributed by atoms with E-state index in [0.29, 0.717) is 21.5 Å². The van der Waals surface area contributed by atoms with Gasteiger partial charge in [0.1, 0.15) is 5.75 Å². The predicted octanol–water partition coefficient (Wildman–Crippen LogP) is 4.18. The van der Waals surface area contributed by atoms with Crippen molar-refractivity contribution in [1.82, 2.24) is 0 Å². The van der Waals surface area contributed by atoms with Crippen molar-refractivity contribution in [2.45, 2.75) is 25.7 Å². The van der Waals surface area contributed by atoms with Crippen LogP contribution >= 0.6 is 15.9 Å². The number of methoxy groups -OCH3 is 1. The van der Waals surface area contributed by atoms with Gasteiger partial charge in [-0.2, -0.15) is 0 Å². The van der Waals surface area contributed by atoms with E-state index >= 15 is 0 Å². The summed E-state index contributed by atoms with van der Waals surface area (Å²) in [5, 5.41) is 0. The molecule has 118 valence electrons. The van der Waals surface area contributed by atoms with E-state index < -0.39 is 10.0 Å². The van der Waals surface area contributed by atoms with Crippen LogP contribution in [0.1, 0.15) is 16.7 Å². The Kier molecular flexibility index (Phi) is 4.82. The average Bonchev–Trinajstić information content (AvgIpc) is 2.43. The van der Waals surface area contributed by atoms with Crippen LogP contribution < -0.4 is 9.46 Å². The van der Waals surface area contributed by atoms with Crippen LogP contribution in [0.25, 0.3) is 0 Å². The van der Waals surface area contributed by atoms with Gasteiger partial charge in [0.25, 0.3) is 10.0 Å². The van der Waals surface area contributed by atoms with E-state index in [1.807, 2.05) is 26.0 Å². The number of sulfonamides is 1. The average molecular weight is 384 g/mol. The van der Waals surface area contributed by atoms with Crippen LogP contribution in [0, 0.1) is 20.8 Å². The molecule has 0 saturated heterocycles. The lowest BCUT2D eigenvalue weighted by molar-refractivity contribution is 0.411. The zero-order valence-electron chi connectivity index (χ0n) is 12.9.